The number of carbonyl (C=O) groups excluding carboxylic acids is 2. The zero-order chi connectivity index (χ0) is 30.0. The van der Waals surface area contributed by atoms with Gasteiger partial charge in [0, 0.05) is 32.0 Å². The zero-order valence-corrected chi connectivity index (χ0v) is 25.7. The lowest BCUT2D eigenvalue weighted by atomic mass is 10.0. The summed E-state index contributed by atoms with van der Waals surface area (Å²) in [6.45, 7) is 8.29. The van der Waals surface area contributed by atoms with Crippen molar-refractivity contribution in [3.05, 3.63) is 101 Å². The first kappa shape index (κ1) is 31.9. The van der Waals surface area contributed by atoms with Gasteiger partial charge in [0.15, 0.2) is 0 Å². The third kappa shape index (κ3) is 9.74. The molecule has 2 amide bonds. The van der Waals surface area contributed by atoms with Crippen LogP contribution in [0.2, 0.25) is 0 Å². The molecule has 41 heavy (non-hydrogen) atoms. The molecule has 0 aliphatic carbocycles. The van der Waals surface area contributed by atoms with E-state index in [1.807, 2.05) is 94.4 Å². The molecule has 1 N–H and O–H groups in total. The van der Waals surface area contributed by atoms with Crippen molar-refractivity contribution < 1.29 is 18.0 Å². The van der Waals surface area contributed by atoms with Crippen LogP contribution in [0.25, 0.3) is 0 Å². The number of hydrogen-bond donors (Lipinski definition) is 1. The molecule has 3 aromatic rings. The normalized spacial score (nSPS) is 12.1. The van der Waals surface area contributed by atoms with Crippen molar-refractivity contribution in [2.45, 2.75) is 72.0 Å². The van der Waals surface area contributed by atoms with Crippen LogP contribution in [-0.4, -0.2) is 50.0 Å². The second-order valence-corrected chi connectivity index (χ2v) is 12.7. The molecule has 0 radical (unpaired) electrons. The van der Waals surface area contributed by atoms with Gasteiger partial charge in [-0.1, -0.05) is 79.2 Å². The van der Waals surface area contributed by atoms with Gasteiger partial charge in [0.05, 0.1) is 11.9 Å². The van der Waals surface area contributed by atoms with E-state index in [1.165, 1.54) is 10.6 Å². The summed E-state index contributed by atoms with van der Waals surface area (Å²) in [4.78, 5) is 29.0. The van der Waals surface area contributed by atoms with Crippen LogP contribution in [0.3, 0.4) is 0 Å². The van der Waals surface area contributed by atoms with Gasteiger partial charge in [-0.2, -0.15) is 0 Å². The number of nitrogens with one attached hydrogen (secondary N) is 1. The lowest BCUT2D eigenvalue weighted by Gasteiger charge is -2.32. The molecule has 0 saturated heterocycles. The fourth-order valence-electron chi connectivity index (χ4n) is 4.73. The highest BCUT2D eigenvalue weighted by atomic mass is 32.2. The van der Waals surface area contributed by atoms with Crippen molar-refractivity contribution in [1.82, 2.24) is 10.2 Å². The lowest BCUT2D eigenvalue weighted by molar-refractivity contribution is -0.141. The average Bonchev–Trinajstić information content (AvgIpc) is 2.93. The minimum absolute atomic E-state index is 0.0838. The van der Waals surface area contributed by atoms with Crippen molar-refractivity contribution in [2.75, 3.05) is 17.1 Å². The van der Waals surface area contributed by atoms with Crippen molar-refractivity contribution in [3.8, 4) is 0 Å². The maximum Gasteiger partial charge on any atom is 0.243 e. The lowest BCUT2D eigenvalue weighted by Crippen LogP contribution is -2.51. The van der Waals surface area contributed by atoms with Crippen LogP contribution in [0.4, 0.5) is 5.69 Å². The van der Waals surface area contributed by atoms with Crippen LogP contribution in [0.15, 0.2) is 78.9 Å². The highest BCUT2D eigenvalue weighted by Crippen LogP contribution is 2.21. The highest BCUT2D eigenvalue weighted by Gasteiger charge is 2.31. The van der Waals surface area contributed by atoms with Gasteiger partial charge in [-0.15, -0.1) is 0 Å². The SMILES string of the molecule is CCc1ccc(N(CCCC(=O)N(Cc2ccc(C)cc2)C(Cc2ccccc2)C(=O)NC(C)C)S(C)(=O)=O)cc1. The molecule has 3 rings (SSSR count). The predicted octanol–water partition coefficient (Wildman–Crippen LogP) is 5.27. The van der Waals surface area contributed by atoms with E-state index < -0.39 is 16.1 Å². The average molecular weight is 578 g/mol. The number of sulfonamides is 1. The van der Waals surface area contributed by atoms with Gasteiger partial charge >= 0.3 is 0 Å². The number of anilines is 1. The van der Waals surface area contributed by atoms with Crippen molar-refractivity contribution in [3.63, 3.8) is 0 Å². The van der Waals surface area contributed by atoms with E-state index in [4.69, 9.17) is 0 Å². The molecule has 0 bridgehead atoms. The second-order valence-electron chi connectivity index (χ2n) is 10.8. The van der Waals surface area contributed by atoms with Crippen LogP contribution in [0, 0.1) is 6.92 Å². The Balaban J connectivity index is 1.86. The summed E-state index contributed by atoms with van der Waals surface area (Å²) >= 11 is 0. The maximum atomic E-state index is 13.9. The van der Waals surface area contributed by atoms with Crippen LogP contribution in [-0.2, 0) is 39.0 Å². The summed E-state index contributed by atoms with van der Waals surface area (Å²) in [5.74, 6) is -0.404. The smallest absolute Gasteiger partial charge is 0.243 e. The van der Waals surface area contributed by atoms with E-state index in [0.717, 1.165) is 28.7 Å². The van der Waals surface area contributed by atoms with Gasteiger partial charge in [0.1, 0.15) is 6.04 Å². The summed E-state index contributed by atoms with van der Waals surface area (Å²) in [5, 5.41) is 3.00. The van der Waals surface area contributed by atoms with Crippen LogP contribution < -0.4 is 9.62 Å². The fraction of sp³-hybridized carbons (Fsp3) is 0.394. The molecule has 8 heteroatoms. The Morgan fingerprint density at radius 2 is 1.46 bits per heavy atom. The summed E-state index contributed by atoms with van der Waals surface area (Å²) in [7, 11) is -3.55. The second kappa shape index (κ2) is 14.8. The Hall–Kier alpha value is -3.65. The van der Waals surface area contributed by atoms with Gasteiger partial charge in [-0.3, -0.25) is 13.9 Å². The fourth-order valence-corrected chi connectivity index (χ4v) is 5.69. The number of benzene rings is 3. The number of carbonyl (C=O) groups is 2. The number of nitrogens with zero attached hydrogens (tertiary/aromatic N) is 2. The van der Waals surface area contributed by atoms with E-state index in [-0.39, 0.29) is 37.4 Å². The van der Waals surface area contributed by atoms with E-state index in [2.05, 4.69) is 5.32 Å². The molecule has 0 spiro atoms. The molecule has 220 valence electrons. The van der Waals surface area contributed by atoms with Crippen molar-refractivity contribution in [2.24, 2.45) is 0 Å². The molecule has 0 fully saturated rings. The first-order chi connectivity index (χ1) is 19.5. The first-order valence-electron chi connectivity index (χ1n) is 14.2. The zero-order valence-electron chi connectivity index (χ0n) is 24.8. The quantitative estimate of drug-likeness (QED) is 0.283. The monoisotopic (exact) mass is 577 g/mol. The van der Waals surface area contributed by atoms with Crippen LogP contribution >= 0.6 is 0 Å². The Morgan fingerprint density at radius 3 is 2.02 bits per heavy atom. The number of aryl methyl sites for hydroxylation is 2. The number of amides is 2. The van der Waals surface area contributed by atoms with Crippen LogP contribution in [0.1, 0.15) is 55.9 Å². The van der Waals surface area contributed by atoms with Gasteiger partial charge in [0.2, 0.25) is 21.8 Å². The first-order valence-corrected chi connectivity index (χ1v) is 16.1. The molecule has 1 unspecified atom stereocenters. The summed E-state index contributed by atoms with van der Waals surface area (Å²) in [6, 6.07) is 24.3. The van der Waals surface area contributed by atoms with Gasteiger partial charge in [-0.25, -0.2) is 8.42 Å². The van der Waals surface area contributed by atoms with Gasteiger partial charge in [0.25, 0.3) is 0 Å². The molecular formula is C33H43N3O4S. The van der Waals surface area contributed by atoms with E-state index in [9.17, 15) is 18.0 Å². The number of rotatable bonds is 14. The van der Waals surface area contributed by atoms with E-state index in [0.29, 0.717) is 18.5 Å². The predicted molar refractivity (Wildman–Crippen MR) is 166 cm³/mol. The van der Waals surface area contributed by atoms with Gasteiger partial charge in [-0.05, 0) is 62.4 Å². The minimum atomic E-state index is -3.55. The minimum Gasteiger partial charge on any atom is -0.352 e. The maximum absolute atomic E-state index is 13.9. The topological polar surface area (TPSA) is 86.8 Å². The molecule has 0 aromatic heterocycles. The summed E-state index contributed by atoms with van der Waals surface area (Å²) in [5.41, 5.74) is 4.68. The standard InChI is InChI=1S/C33H43N3O4S/c1-6-27-18-20-30(21-19-27)36(41(5,39)40)22-10-13-32(37)35(24-29-16-14-26(4)15-17-29)31(33(38)34-25(2)3)23-28-11-8-7-9-12-28/h7-9,11-12,14-21,25,31H,6,10,13,22-24H2,1-5H3,(H,34,38). The Bertz CT molecular complexity index is 1370. The molecule has 0 saturated carbocycles. The molecular weight excluding hydrogens is 534 g/mol. The highest BCUT2D eigenvalue weighted by molar-refractivity contribution is 7.92. The van der Waals surface area contributed by atoms with Crippen molar-refractivity contribution in [1.29, 1.82) is 0 Å². The molecule has 3 aromatic carbocycles. The Labute approximate surface area is 245 Å². The molecule has 0 aliphatic rings. The largest absolute Gasteiger partial charge is 0.352 e. The third-order valence-electron chi connectivity index (χ3n) is 6.96. The molecule has 0 aliphatic heterocycles. The summed E-state index contributed by atoms with van der Waals surface area (Å²) in [6.07, 6.45) is 2.83. The molecule has 7 nitrogen and oxygen atoms in total. The third-order valence-corrected chi connectivity index (χ3v) is 8.15. The number of hydrogen-bond acceptors (Lipinski definition) is 4. The van der Waals surface area contributed by atoms with Crippen molar-refractivity contribution >= 4 is 27.5 Å². The van der Waals surface area contributed by atoms with Gasteiger partial charge < -0.3 is 10.2 Å². The van der Waals surface area contributed by atoms with E-state index >= 15 is 0 Å². The van der Waals surface area contributed by atoms with Crippen LogP contribution in [0.5, 0.6) is 0 Å². The van der Waals surface area contributed by atoms with E-state index in [1.54, 1.807) is 17.0 Å². The molecule has 1 atom stereocenters. The molecule has 0 heterocycles. The summed E-state index contributed by atoms with van der Waals surface area (Å²) < 4.78 is 26.6. The Morgan fingerprint density at radius 1 is 0.854 bits per heavy atom. The Kier molecular flexibility index (Phi) is 11.5.